The Morgan fingerprint density at radius 2 is 1.70 bits per heavy atom. The van der Waals surface area contributed by atoms with Gasteiger partial charge in [0.15, 0.2) is 5.65 Å². The molecule has 0 radical (unpaired) electrons. The number of rotatable bonds is 6. The summed E-state index contributed by atoms with van der Waals surface area (Å²) < 4.78 is 7.92. The van der Waals surface area contributed by atoms with Crippen LogP contribution in [0, 0.1) is 0 Å². The number of aromatic nitrogens is 3. The summed E-state index contributed by atoms with van der Waals surface area (Å²) in [6, 6.07) is 22.3. The summed E-state index contributed by atoms with van der Waals surface area (Å²) in [5.74, 6) is 2.56. The van der Waals surface area contributed by atoms with E-state index in [2.05, 4.69) is 36.2 Å². The van der Waals surface area contributed by atoms with Gasteiger partial charge in [-0.25, -0.2) is 4.98 Å². The van der Waals surface area contributed by atoms with E-state index in [4.69, 9.17) is 9.72 Å². The van der Waals surface area contributed by atoms with E-state index in [-0.39, 0.29) is 0 Å². The average molecular weight is 375 g/mol. The Hall–Kier alpha value is -2.79. The predicted octanol–water partition coefficient (Wildman–Crippen LogP) is 5.33. The molecule has 0 saturated heterocycles. The molecule has 0 spiro atoms. The Morgan fingerprint density at radius 1 is 0.926 bits per heavy atom. The van der Waals surface area contributed by atoms with Crippen LogP contribution < -0.4 is 4.74 Å². The van der Waals surface area contributed by atoms with Crippen LogP contribution in [-0.2, 0) is 13.7 Å². The molecule has 136 valence electrons. The maximum absolute atomic E-state index is 5.88. The van der Waals surface area contributed by atoms with E-state index in [0.717, 1.165) is 33.9 Å². The second-order valence-electron chi connectivity index (χ2n) is 6.19. The van der Waals surface area contributed by atoms with Gasteiger partial charge >= 0.3 is 0 Å². The van der Waals surface area contributed by atoms with E-state index >= 15 is 0 Å². The highest BCUT2D eigenvalue weighted by molar-refractivity contribution is 7.99. The van der Waals surface area contributed by atoms with Gasteiger partial charge in [-0.3, -0.25) is 0 Å². The summed E-state index contributed by atoms with van der Waals surface area (Å²) >= 11 is 1.83. The molecule has 2 aromatic heterocycles. The first-order chi connectivity index (χ1) is 13.3. The Bertz CT molecular complexity index is 1060. The number of ether oxygens (including phenoxy) is 1. The number of nitrogens with zero attached hydrogens (tertiary/aromatic N) is 3. The zero-order chi connectivity index (χ0) is 18.6. The quantitative estimate of drug-likeness (QED) is 0.427. The molecule has 0 aliphatic rings. The fraction of sp³-hybridized carbons (Fsp3) is 0.182. The molecule has 0 saturated carbocycles. The molecule has 0 N–H and O–H groups in total. The van der Waals surface area contributed by atoms with E-state index in [1.807, 2.05) is 65.8 Å². The van der Waals surface area contributed by atoms with Crippen molar-refractivity contribution < 1.29 is 4.74 Å². The van der Waals surface area contributed by atoms with Crippen molar-refractivity contribution in [1.29, 1.82) is 0 Å². The first kappa shape index (κ1) is 17.6. The molecule has 4 aromatic rings. The summed E-state index contributed by atoms with van der Waals surface area (Å²) in [5, 5.41) is 0. The number of aryl methyl sites for hydroxylation is 1. The van der Waals surface area contributed by atoms with Crippen molar-refractivity contribution in [3.05, 3.63) is 72.3 Å². The van der Waals surface area contributed by atoms with E-state index in [9.17, 15) is 0 Å². The van der Waals surface area contributed by atoms with Crippen molar-refractivity contribution >= 4 is 22.9 Å². The molecule has 0 bridgehead atoms. The lowest BCUT2D eigenvalue weighted by atomic mass is 10.2. The second kappa shape index (κ2) is 7.84. The van der Waals surface area contributed by atoms with E-state index in [1.165, 1.54) is 4.90 Å². The number of pyridine rings is 1. The summed E-state index contributed by atoms with van der Waals surface area (Å²) in [6.45, 7) is 2.66. The van der Waals surface area contributed by atoms with Gasteiger partial charge in [0.1, 0.15) is 17.9 Å². The Balaban J connectivity index is 1.66. The molecule has 0 atom stereocenters. The molecule has 2 heterocycles. The fourth-order valence-corrected chi connectivity index (χ4v) is 3.83. The van der Waals surface area contributed by atoms with Crippen LogP contribution in [0.4, 0.5) is 0 Å². The zero-order valence-corrected chi connectivity index (χ0v) is 16.2. The summed E-state index contributed by atoms with van der Waals surface area (Å²) in [7, 11) is 2.01. The highest BCUT2D eigenvalue weighted by atomic mass is 32.2. The third-order valence-electron chi connectivity index (χ3n) is 4.35. The minimum Gasteiger partial charge on any atom is -0.473 e. The van der Waals surface area contributed by atoms with Crippen LogP contribution in [0.5, 0.6) is 5.88 Å². The van der Waals surface area contributed by atoms with Gasteiger partial charge in [-0.15, -0.1) is 11.8 Å². The second-order valence-corrected chi connectivity index (χ2v) is 7.50. The van der Waals surface area contributed by atoms with Crippen molar-refractivity contribution in [3.63, 3.8) is 0 Å². The summed E-state index contributed by atoms with van der Waals surface area (Å²) in [6.07, 6.45) is 0. The van der Waals surface area contributed by atoms with Gasteiger partial charge < -0.3 is 9.30 Å². The van der Waals surface area contributed by atoms with Crippen molar-refractivity contribution in [1.82, 2.24) is 14.5 Å². The molecular weight excluding hydrogens is 354 g/mol. The first-order valence-electron chi connectivity index (χ1n) is 8.98. The minimum absolute atomic E-state index is 0.500. The SMILES string of the molecule is CCSc1ccccc1-c1nc2ccc(OCc3ccccc3)nc2n1C. The third kappa shape index (κ3) is 3.69. The van der Waals surface area contributed by atoms with Crippen LogP contribution in [0.1, 0.15) is 12.5 Å². The summed E-state index contributed by atoms with van der Waals surface area (Å²) in [5.41, 5.74) is 3.95. The number of imidazole rings is 1. The molecule has 2 aromatic carbocycles. The van der Waals surface area contributed by atoms with Crippen LogP contribution >= 0.6 is 11.8 Å². The third-order valence-corrected chi connectivity index (χ3v) is 5.30. The van der Waals surface area contributed by atoms with Gasteiger partial charge in [-0.2, -0.15) is 4.98 Å². The molecule has 0 fully saturated rings. The maximum atomic E-state index is 5.88. The molecule has 0 aliphatic heterocycles. The lowest BCUT2D eigenvalue weighted by Crippen LogP contribution is -1.99. The van der Waals surface area contributed by atoms with E-state index < -0.39 is 0 Å². The van der Waals surface area contributed by atoms with E-state index in [0.29, 0.717) is 12.5 Å². The molecule has 5 heteroatoms. The molecule has 0 amide bonds. The Kier molecular flexibility index (Phi) is 5.12. The highest BCUT2D eigenvalue weighted by Crippen LogP contribution is 2.32. The molecule has 27 heavy (non-hydrogen) atoms. The Labute approximate surface area is 163 Å². The van der Waals surface area contributed by atoms with Crippen LogP contribution in [-0.4, -0.2) is 20.3 Å². The molecule has 0 aliphatic carbocycles. The smallest absolute Gasteiger partial charge is 0.215 e. The van der Waals surface area contributed by atoms with Crippen LogP contribution in [0.15, 0.2) is 71.6 Å². The van der Waals surface area contributed by atoms with Crippen molar-refractivity contribution in [3.8, 4) is 17.3 Å². The summed E-state index contributed by atoms with van der Waals surface area (Å²) in [4.78, 5) is 10.7. The van der Waals surface area contributed by atoms with E-state index in [1.54, 1.807) is 0 Å². The van der Waals surface area contributed by atoms with Crippen molar-refractivity contribution in [2.45, 2.75) is 18.4 Å². The van der Waals surface area contributed by atoms with Gasteiger partial charge in [-0.05, 0) is 23.4 Å². The zero-order valence-electron chi connectivity index (χ0n) is 15.4. The number of fused-ring (bicyclic) bond motifs is 1. The first-order valence-corrected chi connectivity index (χ1v) is 9.97. The van der Waals surface area contributed by atoms with Gasteiger partial charge in [0.2, 0.25) is 5.88 Å². The molecule has 0 unspecified atom stereocenters. The van der Waals surface area contributed by atoms with Crippen molar-refractivity contribution in [2.75, 3.05) is 5.75 Å². The minimum atomic E-state index is 0.500. The number of hydrogen-bond donors (Lipinski definition) is 0. The normalized spacial score (nSPS) is 11.0. The van der Waals surface area contributed by atoms with Crippen LogP contribution in [0.2, 0.25) is 0 Å². The number of benzene rings is 2. The highest BCUT2D eigenvalue weighted by Gasteiger charge is 2.15. The van der Waals surface area contributed by atoms with Crippen LogP contribution in [0.3, 0.4) is 0 Å². The fourth-order valence-electron chi connectivity index (χ4n) is 3.03. The average Bonchev–Trinajstić information content (AvgIpc) is 3.04. The number of hydrogen-bond acceptors (Lipinski definition) is 4. The monoisotopic (exact) mass is 375 g/mol. The topological polar surface area (TPSA) is 39.9 Å². The largest absolute Gasteiger partial charge is 0.473 e. The molecule has 4 rings (SSSR count). The lowest BCUT2D eigenvalue weighted by Gasteiger charge is -2.08. The number of thioether (sulfide) groups is 1. The van der Waals surface area contributed by atoms with Gasteiger partial charge in [0.05, 0.1) is 0 Å². The molecule has 4 nitrogen and oxygen atoms in total. The standard InChI is InChI=1S/C22H21N3OS/c1-3-27-19-12-8-7-11-17(19)21-23-18-13-14-20(24-22(18)25(21)2)26-15-16-9-5-4-6-10-16/h4-14H,3,15H2,1-2H3. The van der Waals surface area contributed by atoms with Gasteiger partial charge in [-0.1, -0.05) is 55.5 Å². The molecular formula is C22H21N3OS. The Morgan fingerprint density at radius 3 is 2.52 bits per heavy atom. The van der Waals surface area contributed by atoms with Crippen LogP contribution in [0.25, 0.3) is 22.6 Å². The predicted molar refractivity (Wildman–Crippen MR) is 111 cm³/mol. The maximum Gasteiger partial charge on any atom is 0.215 e. The van der Waals surface area contributed by atoms with Gasteiger partial charge in [0.25, 0.3) is 0 Å². The van der Waals surface area contributed by atoms with Crippen molar-refractivity contribution in [2.24, 2.45) is 7.05 Å². The lowest BCUT2D eigenvalue weighted by molar-refractivity contribution is 0.295. The van der Waals surface area contributed by atoms with Gasteiger partial charge in [0, 0.05) is 23.6 Å².